The number of nitrogens with zero attached hydrogens (tertiary/aromatic N) is 2. The molecule has 2 aliphatic heterocycles. The highest BCUT2D eigenvalue weighted by molar-refractivity contribution is 8.14. The van der Waals surface area contributed by atoms with Crippen molar-refractivity contribution < 1.29 is 9.59 Å². The zero-order valence-corrected chi connectivity index (χ0v) is 13.3. The maximum absolute atomic E-state index is 12.0. The second-order valence-corrected chi connectivity index (χ2v) is 6.72. The Morgan fingerprint density at radius 2 is 1.23 bits per heavy atom. The van der Waals surface area contributed by atoms with Crippen LogP contribution in [-0.4, -0.2) is 46.7 Å². The summed E-state index contributed by atoms with van der Waals surface area (Å²) in [5.74, 6) is 1.37. The summed E-state index contributed by atoms with van der Waals surface area (Å²) in [7, 11) is 0. The Bertz CT molecular complexity index is 598. The molecule has 8 heteroatoms. The van der Waals surface area contributed by atoms with Crippen molar-refractivity contribution in [2.24, 2.45) is 9.98 Å². The minimum absolute atomic E-state index is 0.212. The van der Waals surface area contributed by atoms with Crippen LogP contribution in [-0.2, 0) is 0 Å². The van der Waals surface area contributed by atoms with Crippen LogP contribution < -0.4 is 10.6 Å². The quantitative estimate of drug-likeness (QED) is 0.855. The van der Waals surface area contributed by atoms with Crippen LogP contribution in [0.4, 0.5) is 0 Å². The molecule has 1 aromatic rings. The summed E-state index contributed by atoms with van der Waals surface area (Å²) in [6.07, 6.45) is 0. The van der Waals surface area contributed by atoms with Gasteiger partial charge in [0.25, 0.3) is 11.8 Å². The van der Waals surface area contributed by atoms with Crippen molar-refractivity contribution in [2.75, 3.05) is 24.6 Å². The molecule has 1 aromatic carbocycles. The van der Waals surface area contributed by atoms with Crippen molar-refractivity contribution in [3.05, 3.63) is 35.4 Å². The second kappa shape index (κ2) is 6.97. The molecule has 0 saturated heterocycles. The number of thioether (sulfide) groups is 2. The fourth-order valence-corrected chi connectivity index (χ4v) is 3.38. The van der Waals surface area contributed by atoms with Crippen LogP contribution in [0.25, 0.3) is 0 Å². The molecule has 0 fully saturated rings. The fraction of sp³-hybridized carbons (Fsp3) is 0.286. The number of aliphatic imine (C=N–C) groups is 2. The van der Waals surface area contributed by atoms with Crippen LogP contribution in [0.5, 0.6) is 0 Å². The number of hydrogen-bond acceptors (Lipinski definition) is 6. The Hall–Kier alpha value is -1.80. The SMILES string of the molecule is O=C(NC1=NCCS1)c1ccc(C(=O)NC2=NCCS2)cc1. The maximum Gasteiger partial charge on any atom is 0.257 e. The van der Waals surface area contributed by atoms with Gasteiger partial charge in [0.2, 0.25) is 0 Å². The van der Waals surface area contributed by atoms with E-state index in [-0.39, 0.29) is 11.8 Å². The topological polar surface area (TPSA) is 82.9 Å². The van der Waals surface area contributed by atoms with Gasteiger partial charge in [0, 0.05) is 22.6 Å². The van der Waals surface area contributed by atoms with Gasteiger partial charge in [-0.05, 0) is 24.3 Å². The summed E-state index contributed by atoms with van der Waals surface area (Å²) in [6.45, 7) is 1.47. The molecule has 2 N–H and O–H groups in total. The van der Waals surface area contributed by atoms with E-state index < -0.39 is 0 Å². The highest BCUT2D eigenvalue weighted by Gasteiger charge is 2.15. The number of rotatable bonds is 2. The number of amidine groups is 2. The highest BCUT2D eigenvalue weighted by Crippen LogP contribution is 2.12. The van der Waals surface area contributed by atoms with E-state index in [1.807, 2.05) is 0 Å². The number of carbonyl (C=O) groups is 2. The van der Waals surface area contributed by atoms with Gasteiger partial charge in [-0.25, -0.2) is 0 Å². The van der Waals surface area contributed by atoms with E-state index in [1.165, 1.54) is 23.5 Å². The molecular weight excluding hydrogens is 320 g/mol. The Balaban J connectivity index is 1.61. The monoisotopic (exact) mass is 334 g/mol. The largest absolute Gasteiger partial charge is 0.301 e. The van der Waals surface area contributed by atoms with Crippen molar-refractivity contribution in [1.82, 2.24) is 10.6 Å². The molecule has 0 spiro atoms. The van der Waals surface area contributed by atoms with Crippen molar-refractivity contribution in [3.8, 4) is 0 Å². The van der Waals surface area contributed by atoms with Gasteiger partial charge in [0.1, 0.15) is 0 Å². The summed E-state index contributed by atoms with van der Waals surface area (Å²) in [5, 5.41) is 6.82. The fourth-order valence-electron chi connectivity index (χ4n) is 1.93. The lowest BCUT2D eigenvalue weighted by atomic mass is 10.1. The van der Waals surface area contributed by atoms with E-state index in [0.717, 1.165) is 24.6 Å². The molecule has 3 rings (SSSR count). The summed E-state index contributed by atoms with van der Waals surface area (Å²) in [5.41, 5.74) is 0.999. The number of amides is 2. The third kappa shape index (κ3) is 3.69. The van der Waals surface area contributed by atoms with Gasteiger partial charge in [0.15, 0.2) is 10.3 Å². The third-order valence-electron chi connectivity index (χ3n) is 3.02. The van der Waals surface area contributed by atoms with Gasteiger partial charge in [-0.15, -0.1) is 0 Å². The molecule has 6 nitrogen and oxygen atoms in total. The Morgan fingerprint density at radius 1 is 0.818 bits per heavy atom. The second-order valence-electron chi connectivity index (χ2n) is 4.56. The predicted molar refractivity (Wildman–Crippen MR) is 90.9 cm³/mol. The van der Waals surface area contributed by atoms with E-state index in [2.05, 4.69) is 20.6 Å². The molecule has 2 heterocycles. The molecular formula is C14H14N4O2S2. The van der Waals surface area contributed by atoms with Crippen LogP contribution in [0.3, 0.4) is 0 Å². The van der Waals surface area contributed by atoms with E-state index in [9.17, 15) is 9.59 Å². The molecule has 2 aliphatic rings. The lowest BCUT2D eigenvalue weighted by molar-refractivity contribution is 0.0966. The van der Waals surface area contributed by atoms with Gasteiger partial charge < -0.3 is 10.6 Å². The highest BCUT2D eigenvalue weighted by atomic mass is 32.2. The van der Waals surface area contributed by atoms with Gasteiger partial charge in [0.05, 0.1) is 13.1 Å². The molecule has 0 aliphatic carbocycles. The first-order valence-electron chi connectivity index (χ1n) is 6.79. The standard InChI is InChI=1S/C14H14N4O2S2/c19-11(17-13-15-5-7-21-13)9-1-2-10(4-3-9)12(20)18-14-16-6-8-22-14/h1-4H,5-8H2,(H,15,17,19)(H,16,18,20). The molecule has 2 amide bonds. The lowest BCUT2D eigenvalue weighted by Crippen LogP contribution is -2.28. The summed E-state index contributed by atoms with van der Waals surface area (Å²) < 4.78 is 0. The lowest BCUT2D eigenvalue weighted by Gasteiger charge is -2.06. The zero-order chi connectivity index (χ0) is 15.4. The number of nitrogens with one attached hydrogen (secondary N) is 2. The van der Waals surface area contributed by atoms with Crippen LogP contribution >= 0.6 is 23.5 Å². The molecule has 0 bridgehead atoms. The van der Waals surface area contributed by atoms with E-state index in [0.29, 0.717) is 21.5 Å². The number of hydrogen-bond donors (Lipinski definition) is 2. The van der Waals surface area contributed by atoms with E-state index in [1.54, 1.807) is 24.3 Å². The van der Waals surface area contributed by atoms with Gasteiger partial charge >= 0.3 is 0 Å². The minimum Gasteiger partial charge on any atom is -0.301 e. The Morgan fingerprint density at radius 3 is 1.55 bits per heavy atom. The molecule has 0 aromatic heterocycles. The first kappa shape index (κ1) is 15.1. The average molecular weight is 334 g/mol. The number of benzene rings is 1. The average Bonchev–Trinajstić information content (AvgIpc) is 3.21. The van der Waals surface area contributed by atoms with Crippen molar-refractivity contribution in [2.45, 2.75) is 0 Å². The van der Waals surface area contributed by atoms with Gasteiger partial charge in [-0.3, -0.25) is 19.6 Å². The number of carbonyl (C=O) groups excluding carboxylic acids is 2. The molecule has 0 unspecified atom stereocenters. The van der Waals surface area contributed by atoms with Crippen LogP contribution in [0.1, 0.15) is 20.7 Å². The maximum atomic E-state index is 12.0. The van der Waals surface area contributed by atoms with Crippen LogP contribution in [0.15, 0.2) is 34.3 Å². The van der Waals surface area contributed by atoms with Crippen LogP contribution in [0.2, 0.25) is 0 Å². The summed E-state index contributed by atoms with van der Waals surface area (Å²) >= 11 is 3.06. The minimum atomic E-state index is -0.212. The van der Waals surface area contributed by atoms with Gasteiger partial charge in [-0.2, -0.15) is 0 Å². The smallest absolute Gasteiger partial charge is 0.257 e. The first-order valence-corrected chi connectivity index (χ1v) is 8.77. The Labute approximate surface area is 136 Å². The van der Waals surface area contributed by atoms with Crippen LogP contribution in [0, 0.1) is 0 Å². The van der Waals surface area contributed by atoms with Gasteiger partial charge in [-0.1, -0.05) is 23.5 Å². The summed E-state index contributed by atoms with van der Waals surface area (Å²) in [4.78, 5) is 32.4. The normalized spacial score (nSPS) is 16.9. The molecule has 22 heavy (non-hydrogen) atoms. The molecule has 0 atom stereocenters. The first-order chi connectivity index (χ1) is 10.7. The molecule has 0 radical (unpaired) electrons. The van der Waals surface area contributed by atoms with E-state index in [4.69, 9.17) is 0 Å². The van der Waals surface area contributed by atoms with Crippen molar-refractivity contribution in [3.63, 3.8) is 0 Å². The molecule has 114 valence electrons. The zero-order valence-electron chi connectivity index (χ0n) is 11.7. The molecule has 0 saturated carbocycles. The van der Waals surface area contributed by atoms with E-state index >= 15 is 0 Å². The van der Waals surface area contributed by atoms with Crippen molar-refractivity contribution >= 4 is 45.7 Å². The summed E-state index contributed by atoms with van der Waals surface area (Å²) in [6, 6.07) is 6.53. The third-order valence-corrected chi connectivity index (χ3v) is 4.80. The van der Waals surface area contributed by atoms with Crippen molar-refractivity contribution in [1.29, 1.82) is 0 Å². The predicted octanol–water partition coefficient (Wildman–Crippen LogP) is 1.35. The Kier molecular flexibility index (Phi) is 4.79.